The number of amides is 1. The monoisotopic (exact) mass is 502 g/mol. The van der Waals surface area contributed by atoms with Crippen LogP contribution in [0.2, 0.25) is 0 Å². The van der Waals surface area contributed by atoms with Gasteiger partial charge in [-0.05, 0) is 67.6 Å². The molecule has 0 bridgehead atoms. The Morgan fingerprint density at radius 2 is 1.73 bits per heavy atom. The van der Waals surface area contributed by atoms with Gasteiger partial charge in [0.05, 0.1) is 19.1 Å². The van der Waals surface area contributed by atoms with Gasteiger partial charge < -0.3 is 29.6 Å². The van der Waals surface area contributed by atoms with Crippen molar-refractivity contribution in [2.45, 2.75) is 19.4 Å². The van der Waals surface area contributed by atoms with Crippen molar-refractivity contribution in [3.05, 3.63) is 84.4 Å². The van der Waals surface area contributed by atoms with Crippen molar-refractivity contribution in [3.63, 3.8) is 0 Å². The number of hydrogen-bond acceptors (Lipinski definition) is 6. The number of nitrogens with one attached hydrogen (secondary N) is 2. The van der Waals surface area contributed by atoms with Gasteiger partial charge in [-0.25, -0.2) is 0 Å². The summed E-state index contributed by atoms with van der Waals surface area (Å²) < 4.78 is 17.6. The number of anilines is 1. The molecule has 0 saturated heterocycles. The molecule has 0 aliphatic carbocycles. The molecule has 1 amide bonds. The van der Waals surface area contributed by atoms with E-state index in [1.54, 1.807) is 24.3 Å². The fraction of sp³-hybridized carbons (Fsp3) is 0.241. The molecule has 1 aromatic heterocycles. The summed E-state index contributed by atoms with van der Waals surface area (Å²) >= 11 is 0. The average Bonchev–Trinajstić information content (AvgIpc) is 3.35. The smallest absolute Gasteiger partial charge is 0.305 e. The molecular formula is C29H30N2O6. The Morgan fingerprint density at radius 1 is 0.973 bits per heavy atom. The van der Waals surface area contributed by atoms with Gasteiger partial charge in [-0.1, -0.05) is 18.2 Å². The van der Waals surface area contributed by atoms with Gasteiger partial charge in [0.1, 0.15) is 23.7 Å². The van der Waals surface area contributed by atoms with Crippen molar-refractivity contribution in [2.24, 2.45) is 0 Å². The van der Waals surface area contributed by atoms with Crippen LogP contribution in [0.25, 0.3) is 22.3 Å². The highest BCUT2D eigenvalue weighted by Crippen LogP contribution is 2.29. The van der Waals surface area contributed by atoms with E-state index in [2.05, 4.69) is 10.6 Å². The Balaban J connectivity index is 1.33. The van der Waals surface area contributed by atoms with E-state index in [9.17, 15) is 9.59 Å². The van der Waals surface area contributed by atoms with Crippen molar-refractivity contribution < 1.29 is 28.6 Å². The third kappa shape index (κ3) is 7.35. The van der Waals surface area contributed by atoms with Gasteiger partial charge in [0.25, 0.3) is 5.91 Å². The quantitative estimate of drug-likeness (QED) is 0.230. The van der Waals surface area contributed by atoms with Crippen LogP contribution >= 0.6 is 0 Å². The highest BCUT2D eigenvalue weighted by atomic mass is 16.5. The van der Waals surface area contributed by atoms with Gasteiger partial charge in [0, 0.05) is 35.4 Å². The van der Waals surface area contributed by atoms with Crippen LogP contribution < -0.4 is 15.4 Å². The van der Waals surface area contributed by atoms with Crippen molar-refractivity contribution in [2.75, 3.05) is 31.7 Å². The van der Waals surface area contributed by atoms with Gasteiger partial charge in [-0.2, -0.15) is 0 Å². The number of carbonyl (C=O) groups excluding carboxylic acids is 1. The number of hydrogen-bond donors (Lipinski definition) is 3. The number of carboxylic acid groups (broad SMARTS) is 1. The molecule has 0 spiro atoms. The summed E-state index contributed by atoms with van der Waals surface area (Å²) in [5.74, 6) is 0.275. The van der Waals surface area contributed by atoms with Crippen LogP contribution in [-0.4, -0.2) is 49.4 Å². The molecule has 4 aromatic rings. The topological polar surface area (TPSA) is 110 Å². The molecule has 0 radical (unpaired) electrons. The average molecular weight is 503 g/mol. The molecule has 3 N–H and O–H groups in total. The predicted octanol–water partition coefficient (Wildman–Crippen LogP) is 5.20. The first kappa shape index (κ1) is 25.8. The molecule has 0 aliphatic rings. The van der Waals surface area contributed by atoms with Crippen molar-refractivity contribution in [1.82, 2.24) is 5.32 Å². The van der Waals surface area contributed by atoms with Gasteiger partial charge >= 0.3 is 5.97 Å². The van der Waals surface area contributed by atoms with Crippen LogP contribution in [0.1, 0.15) is 23.7 Å². The number of aliphatic carboxylic acids is 1. The fourth-order valence-corrected chi connectivity index (χ4v) is 3.77. The van der Waals surface area contributed by atoms with E-state index >= 15 is 0 Å². The second-order valence-corrected chi connectivity index (χ2v) is 8.46. The Morgan fingerprint density at radius 3 is 2.43 bits per heavy atom. The van der Waals surface area contributed by atoms with Crippen LogP contribution in [0.15, 0.2) is 83.3 Å². The molecular weight excluding hydrogens is 472 g/mol. The number of para-hydroxylation sites is 1. The van der Waals surface area contributed by atoms with E-state index in [1.807, 2.05) is 61.5 Å². The maximum Gasteiger partial charge on any atom is 0.305 e. The molecule has 1 atom stereocenters. The summed E-state index contributed by atoms with van der Waals surface area (Å²) in [5, 5.41) is 15.7. The van der Waals surface area contributed by atoms with Gasteiger partial charge in [0.2, 0.25) is 0 Å². The molecule has 3 aromatic carbocycles. The van der Waals surface area contributed by atoms with Gasteiger partial charge in [-0.3, -0.25) is 9.59 Å². The highest BCUT2D eigenvalue weighted by molar-refractivity contribution is 5.94. The third-order valence-corrected chi connectivity index (χ3v) is 5.68. The second kappa shape index (κ2) is 12.6. The first-order valence-corrected chi connectivity index (χ1v) is 12.2. The Bertz CT molecular complexity index is 1280. The van der Waals surface area contributed by atoms with Gasteiger partial charge in [-0.15, -0.1) is 0 Å². The summed E-state index contributed by atoms with van der Waals surface area (Å²) in [6.45, 7) is 3.43. The summed E-state index contributed by atoms with van der Waals surface area (Å²) in [6, 6.07) is 24.6. The lowest BCUT2D eigenvalue weighted by Gasteiger charge is -2.20. The van der Waals surface area contributed by atoms with Crippen LogP contribution in [0, 0.1) is 0 Å². The maximum atomic E-state index is 12.2. The van der Waals surface area contributed by atoms with E-state index in [-0.39, 0.29) is 24.9 Å². The zero-order valence-corrected chi connectivity index (χ0v) is 20.6. The lowest BCUT2D eigenvalue weighted by atomic mass is 10.1. The van der Waals surface area contributed by atoms with Crippen molar-refractivity contribution >= 4 is 28.5 Å². The van der Waals surface area contributed by atoms with Crippen LogP contribution in [0.5, 0.6) is 5.75 Å². The molecule has 4 rings (SSSR count). The zero-order chi connectivity index (χ0) is 26.0. The molecule has 192 valence electrons. The lowest BCUT2D eigenvalue weighted by Crippen LogP contribution is -2.32. The minimum atomic E-state index is -0.954. The number of ether oxygens (including phenoxy) is 2. The van der Waals surface area contributed by atoms with Crippen molar-refractivity contribution in [3.8, 4) is 17.1 Å². The van der Waals surface area contributed by atoms with Crippen LogP contribution in [0.4, 0.5) is 5.69 Å². The summed E-state index contributed by atoms with van der Waals surface area (Å²) in [7, 11) is 0. The third-order valence-electron chi connectivity index (χ3n) is 5.68. The van der Waals surface area contributed by atoms with Gasteiger partial charge in [0.15, 0.2) is 0 Å². The number of rotatable bonds is 13. The van der Waals surface area contributed by atoms with E-state index in [0.717, 1.165) is 33.7 Å². The normalized spacial score (nSPS) is 11.7. The molecule has 0 saturated carbocycles. The predicted molar refractivity (Wildman–Crippen MR) is 142 cm³/mol. The molecule has 37 heavy (non-hydrogen) atoms. The van der Waals surface area contributed by atoms with E-state index in [0.29, 0.717) is 25.4 Å². The van der Waals surface area contributed by atoms with Crippen LogP contribution in [0.3, 0.4) is 0 Å². The lowest BCUT2D eigenvalue weighted by molar-refractivity contribution is -0.136. The Hall–Kier alpha value is -4.30. The van der Waals surface area contributed by atoms with Crippen molar-refractivity contribution in [1.29, 1.82) is 0 Å². The fourth-order valence-electron chi connectivity index (χ4n) is 3.77. The van der Waals surface area contributed by atoms with Crippen LogP contribution in [-0.2, 0) is 9.53 Å². The Kier molecular flexibility index (Phi) is 8.78. The highest BCUT2D eigenvalue weighted by Gasteiger charge is 2.12. The molecule has 0 fully saturated rings. The largest absolute Gasteiger partial charge is 0.491 e. The molecule has 1 heterocycles. The summed E-state index contributed by atoms with van der Waals surface area (Å²) in [6.07, 6.45) is -0.118. The zero-order valence-electron chi connectivity index (χ0n) is 20.6. The summed E-state index contributed by atoms with van der Waals surface area (Å²) in [5.41, 5.74) is 3.10. The minimum Gasteiger partial charge on any atom is -0.491 e. The van der Waals surface area contributed by atoms with E-state index < -0.39 is 5.97 Å². The number of carboxylic acids is 1. The minimum absolute atomic E-state index is 0.0845. The number of furan rings is 1. The van der Waals surface area contributed by atoms with E-state index in [1.165, 1.54) is 0 Å². The molecule has 8 nitrogen and oxygen atoms in total. The SMILES string of the molecule is CCOCC(COc1ccc(-c2cc3ccccc3o2)cc1)Nc1ccc(C(=O)NCCC(=O)O)cc1. The number of fused-ring (bicyclic) bond motifs is 1. The molecule has 0 aliphatic heterocycles. The standard InChI is InChI=1S/C29H30N2O6/c1-2-35-18-24(31-23-11-7-21(8-12-23)29(34)30-16-15-28(32)33)19-36-25-13-9-20(10-14-25)27-17-22-5-3-4-6-26(22)37-27/h3-14,17,24,31H,2,15-16,18-19H2,1H3,(H,30,34)(H,32,33). The first-order valence-electron chi connectivity index (χ1n) is 12.2. The second-order valence-electron chi connectivity index (χ2n) is 8.46. The first-order chi connectivity index (χ1) is 18.0. The molecule has 8 heteroatoms. The summed E-state index contributed by atoms with van der Waals surface area (Å²) in [4.78, 5) is 22.8. The number of benzene rings is 3. The molecule has 1 unspecified atom stereocenters. The van der Waals surface area contributed by atoms with E-state index in [4.69, 9.17) is 19.0 Å². The number of carbonyl (C=O) groups is 2. The maximum absolute atomic E-state index is 12.2. The Labute approximate surface area is 215 Å².